The molecular formula is C25H22FN3S. The van der Waals surface area contributed by atoms with Crippen molar-refractivity contribution >= 4 is 11.8 Å². The lowest BCUT2D eigenvalue weighted by Crippen LogP contribution is -2.26. The van der Waals surface area contributed by atoms with E-state index in [-0.39, 0.29) is 11.9 Å². The number of rotatable bonds is 5. The molecular weight excluding hydrogens is 393 g/mol. The highest BCUT2D eigenvalue weighted by molar-refractivity contribution is 7.99. The van der Waals surface area contributed by atoms with Crippen LogP contribution in [0.4, 0.5) is 4.39 Å². The van der Waals surface area contributed by atoms with Crippen molar-refractivity contribution in [2.75, 3.05) is 18.2 Å². The number of thioether (sulfide) groups is 1. The number of halogens is 1. The van der Waals surface area contributed by atoms with Gasteiger partial charge < -0.3 is 0 Å². The molecule has 1 atom stereocenters. The van der Waals surface area contributed by atoms with Crippen LogP contribution in [0.2, 0.25) is 0 Å². The number of hydrogen-bond donors (Lipinski definition) is 1. The van der Waals surface area contributed by atoms with Crippen LogP contribution in [0.5, 0.6) is 0 Å². The molecule has 3 nitrogen and oxygen atoms in total. The van der Waals surface area contributed by atoms with Crippen LogP contribution >= 0.6 is 11.8 Å². The second-order valence-electron chi connectivity index (χ2n) is 7.47. The van der Waals surface area contributed by atoms with Crippen LogP contribution in [0.1, 0.15) is 17.2 Å². The third kappa shape index (κ3) is 3.78. The van der Waals surface area contributed by atoms with Crippen LogP contribution < -0.4 is 0 Å². The maximum absolute atomic E-state index is 14.8. The van der Waals surface area contributed by atoms with E-state index in [1.807, 2.05) is 66.6 Å². The van der Waals surface area contributed by atoms with Crippen molar-refractivity contribution in [3.8, 4) is 22.3 Å². The van der Waals surface area contributed by atoms with Gasteiger partial charge in [0.15, 0.2) is 0 Å². The third-order valence-corrected chi connectivity index (χ3v) is 6.57. The summed E-state index contributed by atoms with van der Waals surface area (Å²) in [5.41, 5.74) is 5.99. The summed E-state index contributed by atoms with van der Waals surface area (Å²) in [6, 6.07) is 23.9. The standard InChI is InChI=1S/C25H22FN3S/c26-24-11-10-21(25(22-15-27-28-16-22)29-12-13-30-17-29)14-23(24)20-8-6-19(7-9-20)18-4-2-1-3-5-18/h1-11,14-16,25H,12-13,17H2,(H,27,28). The number of benzene rings is 3. The molecule has 0 saturated carbocycles. The summed E-state index contributed by atoms with van der Waals surface area (Å²) in [5, 5.41) is 7.07. The zero-order chi connectivity index (χ0) is 20.3. The fraction of sp³-hybridized carbons (Fsp3) is 0.160. The smallest absolute Gasteiger partial charge is 0.131 e. The maximum Gasteiger partial charge on any atom is 0.131 e. The van der Waals surface area contributed by atoms with Gasteiger partial charge in [0.1, 0.15) is 5.82 Å². The molecule has 1 aliphatic rings. The quantitative estimate of drug-likeness (QED) is 0.435. The molecule has 0 bridgehead atoms. The maximum atomic E-state index is 14.8. The molecule has 5 rings (SSSR count). The van der Waals surface area contributed by atoms with E-state index in [4.69, 9.17) is 0 Å². The third-order valence-electron chi connectivity index (χ3n) is 5.59. The minimum atomic E-state index is -0.201. The van der Waals surface area contributed by atoms with Gasteiger partial charge in [-0.2, -0.15) is 5.10 Å². The average molecular weight is 416 g/mol. The molecule has 1 N–H and O–H groups in total. The van der Waals surface area contributed by atoms with Gasteiger partial charge in [0, 0.05) is 35.5 Å². The monoisotopic (exact) mass is 415 g/mol. The van der Waals surface area contributed by atoms with Gasteiger partial charge in [-0.3, -0.25) is 10.00 Å². The molecule has 0 spiro atoms. The first-order chi connectivity index (χ1) is 14.8. The first kappa shape index (κ1) is 19.1. The van der Waals surface area contributed by atoms with Gasteiger partial charge in [0.05, 0.1) is 12.2 Å². The number of hydrogen-bond acceptors (Lipinski definition) is 3. The van der Waals surface area contributed by atoms with Gasteiger partial charge >= 0.3 is 0 Å². The van der Waals surface area contributed by atoms with Crippen LogP contribution in [0.3, 0.4) is 0 Å². The Balaban J connectivity index is 1.51. The number of aromatic amines is 1. The summed E-state index contributed by atoms with van der Waals surface area (Å²) >= 11 is 1.93. The molecule has 2 heterocycles. The number of nitrogens with one attached hydrogen (secondary N) is 1. The highest BCUT2D eigenvalue weighted by Gasteiger charge is 2.27. The number of aromatic nitrogens is 2. The summed E-state index contributed by atoms with van der Waals surface area (Å²) in [4.78, 5) is 2.42. The molecule has 0 radical (unpaired) electrons. The van der Waals surface area contributed by atoms with Crippen molar-refractivity contribution in [3.63, 3.8) is 0 Å². The van der Waals surface area contributed by atoms with Crippen molar-refractivity contribution in [2.24, 2.45) is 0 Å². The Kier molecular flexibility index (Phi) is 5.39. The van der Waals surface area contributed by atoms with Crippen LogP contribution in [0.15, 0.2) is 85.2 Å². The molecule has 4 aromatic rings. The lowest BCUT2D eigenvalue weighted by molar-refractivity contribution is 0.296. The van der Waals surface area contributed by atoms with E-state index < -0.39 is 0 Å². The molecule has 30 heavy (non-hydrogen) atoms. The van der Waals surface area contributed by atoms with Gasteiger partial charge in [-0.1, -0.05) is 60.7 Å². The topological polar surface area (TPSA) is 31.9 Å². The van der Waals surface area contributed by atoms with Crippen molar-refractivity contribution < 1.29 is 4.39 Å². The van der Waals surface area contributed by atoms with Gasteiger partial charge in [0.2, 0.25) is 0 Å². The van der Waals surface area contributed by atoms with Gasteiger partial charge in [-0.15, -0.1) is 11.8 Å². The highest BCUT2D eigenvalue weighted by Crippen LogP contribution is 2.35. The van der Waals surface area contributed by atoms with E-state index in [0.717, 1.165) is 46.0 Å². The molecule has 3 aromatic carbocycles. The Morgan fingerprint density at radius 3 is 2.37 bits per heavy atom. The summed E-state index contributed by atoms with van der Waals surface area (Å²) in [7, 11) is 0. The van der Waals surface area contributed by atoms with E-state index in [0.29, 0.717) is 5.56 Å². The predicted octanol–water partition coefficient (Wildman–Crippen LogP) is 5.98. The molecule has 1 saturated heterocycles. The summed E-state index contributed by atoms with van der Waals surface area (Å²) < 4.78 is 14.8. The van der Waals surface area contributed by atoms with Crippen LogP contribution in [0, 0.1) is 5.82 Å². The molecule has 1 unspecified atom stereocenters. The number of nitrogens with zero attached hydrogens (tertiary/aromatic N) is 2. The van der Waals surface area contributed by atoms with E-state index >= 15 is 0 Å². The average Bonchev–Trinajstić information content (AvgIpc) is 3.51. The van der Waals surface area contributed by atoms with Gasteiger partial charge in [0.25, 0.3) is 0 Å². The first-order valence-electron chi connectivity index (χ1n) is 10.1. The van der Waals surface area contributed by atoms with Crippen molar-refractivity contribution in [3.05, 3.63) is 102 Å². The molecule has 0 aliphatic carbocycles. The van der Waals surface area contributed by atoms with Crippen LogP contribution in [0.25, 0.3) is 22.3 Å². The lowest BCUT2D eigenvalue weighted by atomic mass is 9.94. The second kappa shape index (κ2) is 8.46. The Hall–Kier alpha value is -2.89. The van der Waals surface area contributed by atoms with E-state index in [1.165, 1.54) is 0 Å². The Morgan fingerprint density at radius 2 is 1.67 bits per heavy atom. The van der Waals surface area contributed by atoms with Gasteiger partial charge in [-0.05, 0) is 34.4 Å². The summed E-state index contributed by atoms with van der Waals surface area (Å²) in [6.45, 7) is 1.01. The normalized spacial score (nSPS) is 15.4. The fourth-order valence-corrected chi connectivity index (χ4v) is 5.07. The van der Waals surface area contributed by atoms with E-state index in [9.17, 15) is 4.39 Å². The molecule has 1 aliphatic heterocycles. The van der Waals surface area contributed by atoms with Crippen LogP contribution in [-0.2, 0) is 0 Å². The molecule has 1 fully saturated rings. The fourth-order valence-electron chi connectivity index (χ4n) is 4.06. The van der Waals surface area contributed by atoms with Crippen molar-refractivity contribution in [2.45, 2.75) is 6.04 Å². The molecule has 1 aromatic heterocycles. The zero-order valence-electron chi connectivity index (χ0n) is 16.5. The number of H-pyrrole nitrogens is 1. The SMILES string of the molecule is Fc1ccc(C(c2cn[nH]c2)N2CCSC2)cc1-c1ccc(-c2ccccc2)cc1. The molecule has 150 valence electrons. The van der Waals surface area contributed by atoms with Crippen molar-refractivity contribution in [1.82, 2.24) is 15.1 Å². The minimum Gasteiger partial charge on any atom is -0.285 e. The summed E-state index contributed by atoms with van der Waals surface area (Å²) in [5.74, 6) is 1.88. The first-order valence-corrected chi connectivity index (χ1v) is 11.2. The second-order valence-corrected chi connectivity index (χ2v) is 8.54. The lowest BCUT2D eigenvalue weighted by Gasteiger charge is -2.27. The predicted molar refractivity (Wildman–Crippen MR) is 122 cm³/mol. The van der Waals surface area contributed by atoms with Crippen molar-refractivity contribution in [1.29, 1.82) is 0 Å². The Morgan fingerprint density at radius 1 is 0.900 bits per heavy atom. The minimum absolute atomic E-state index is 0.0710. The summed E-state index contributed by atoms with van der Waals surface area (Å²) in [6.07, 6.45) is 3.80. The molecule has 5 heteroatoms. The largest absolute Gasteiger partial charge is 0.285 e. The van der Waals surface area contributed by atoms with Gasteiger partial charge in [-0.25, -0.2) is 4.39 Å². The highest BCUT2D eigenvalue weighted by atomic mass is 32.2. The van der Waals surface area contributed by atoms with E-state index in [1.54, 1.807) is 6.07 Å². The molecule has 0 amide bonds. The Labute approximate surface area is 180 Å². The zero-order valence-corrected chi connectivity index (χ0v) is 17.3. The van der Waals surface area contributed by atoms with Crippen LogP contribution in [-0.4, -0.2) is 33.3 Å². The Bertz CT molecular complexity index is 1110. The van der Waals surface area contributed by atoms with E-state index in [2.05, 4.69) is 39.4 Å².